The van der Waals surface area contributed by atoms with Gasteiger partial charge < -0.3 is 15.4 Å². The normalized spacial score (nSPS) is 11.1. The van der Waals surface area contributed by atoms with Crippen molar-refractivity contribution in [3.05, 3.63) is 35.9 Å². The van der Waals surface area contributed by atoms with Crippen molar-refractivity contribution in [2.45, 2.75) is 32.8 Å². The van der Waals surface area contributed by atoms with Crippen molar-refractivity contribution in [3.8, 4) is 0 Å². The predicted molar refractivity (Wildman–Crippen MR) is 90.5 cm³/mol. The lowest BCUT2D eigenvalue weighted by Gasteiger charge is -2.13. The standard InChI is InChI=1S/C17H23N3O5/c1-3-18-17(24)20-16(23)12(2)25-15(22)9-10-19-14(21)11-13-7-5-4-6-8-13/h4-8,12H,3,9-11H2,1-2H3,(H,19,21)(H2,18,20,23,24). The summed E-state index contributed by atoms with van der Waals surface area (Å²) in [6.07, 6.45) is -0.948. The van der Waals surface area contributed by atoms with Gasteiger partial charge in [0, 0.05) is 13.1 Å². The van der Waals surface area contributed by atoms with Gasteiger partial charge in [0.25, 0.3) is 5.91 Å². The Balaban J connectivity index is 2.24. The molecule has 0 fully saturated rings. The van der Waals surface area contributed by atoms with E-state index in [4.69, 9.17) is 4.74 Å². The second-order valence-corrected chi connectivity index (χ2v) is 5.24. The summed E-state index contributed by atoms with van der Waals surface area (Å²) in [5, 5.41) is 7.05. The highest BCUT2D eigenvalue weighted by Crippen LogP contribution is 1.99. The largest absolute Gasteiger partial charge is 0.452 e. The third-order valence-corrected chi connectivity index (χ3v) is 3.11. The highest BCUT2D eigenvalue weighted by molar-refractivity contribution is 5.97. The van der Waals surface area contributed by atoms with Crippen LogP contribution in [0.5, 0.6) is 0 Å². The van der Waals surface area contributed by atoms with Gasteiger partial charge in [0.15, 0.2) is 6.10 Å². The number of imide groups is 1. The van der Waals surface area contributed by atoms with Gasteiger partial charge in [-0.2, -0.15) is 0 Å². The fourth-order valence-corrected chi connectivity index (χ4v) is 1.88. The number of rotatable bonds is 8. The molecule has 0 aliphatic rings. The van der Waals surface area contributed by atoms with Gasteiger partial charge in [0.2, 0.25) is 5.91 Å². The average Bonchev–Trinajstić information content (AvgIpc) is 2.55. The minimum Gasteiger partial charge on any atom is -0.452 e. The van der Waals surface area contributed by atoms with E-state index in [2.05, 4.69) is 16.0 Å². The number of esters is 1. The topological polar surface area (TPSA) is 114 Å². The van der Waals surface area contributed by atoms with E-state index in [1.807, 2.05) is 30.3 Å². The number of benzene rings is 1. The number of urea groups is 1. The van der Waals surface area contributed by atoms with Gasteiger partial charge in [-0.05, 0) is 19.4 Å². The lowest BCUT2D eigenvalue weighted by atomic mass is 10.1. The molecule has 0 spiro atoms. The third kappa shape index (κ3) is 8.50. The molecule has 0 bridgehead atoms. The van der Waals surface area contributed by atoms with Crippen molar-refractivity contribution in [3.63, 3.8) is 0 Å². The first-order valence-corrected chi connectivity index (χ1v) is 8.01. The molecule has 1 atom stereocenters. The van der Waals surface area contributed by atoms with Crippen molar-refractivity contribution in [1.82, 2.24) is 16.0 Å². The molecular weight excluding hydrogens is 326 g/mol. The van der Waals surface area contributed by atoms with Gasteiger partial charge in [0.05, 0.1) is 12.8 Å². The van der Waals surface area contributed by atoms with Crippen molar-refractivity contribution in [2.75, 3.05) is 13.1 Å². The van der Waals surface area contributed by atoms with Crippen molar-refractivity contribution in [2.24, 2.45) is 0 Å². The highest BCUT2D eigenvalue weighted by atomic mass is 16.5. The monoisotopic (exact) mass is 349 g/mol. The highest BCUT2D eigenvalue weighted by Gasteiger charge is 2.19. The van der Waals surface area contributed by atoms with Crippen molar-refractivity contribution >= 4 is 23.8 Å². The molecule has 0 saturated carbocycles. The Hall–Kier alpha value is -2.90. The van der Waals surface area contributed by atoms with Crippen LogP contribution in [0.25, 0.3) is 0 Å². The fraction of sp³-hybridized carbons (Fsp3) is 0.412. The van der Waals surface area contributed by atoms with E-state index in [9.17, 15) is 19.2 Å². The van der Waals surface area contributed by atoms with E-state index in [0.717, 1.165) is 5.56 Å². The minimum absolute atomic E-state index is 0.0701. The van der Waals surface area contributed by atoms with Crippen LogP contribution in [0.4, 0.5) is 4.79 Å². The van der Waals surface area contributed by atoms with Gasteiger partial charge in [-0.25, -0.2) is 4.79 Å². The van der Waals surface area contributed by atoms with E-state index < -0.39 is 24.0 Å². The van der Waals surface area contributed by atoms with E-state index in [1.165, 1.54) is 6.92 Å². The average molecular weight is 349 g/mol. The summed E-state index contributed by atoms with van der Waals surface area (Å²) in [7, 11) is 0. The Labute approximate surface area is 146 Å². The summed E-state index contributed by atoms with van der Waals surface area (Å²) in [6, 6.07) is 8.57. The quantitative estimate of drug-likeness (QED) is 0.592. The van der Waals surface area contributed by atoms with Crippen LogP contribution in [0, 0.1) is 0 Å². The summed E-state index contributed by atoms with van der Waals surface area (Å²) in [5.41, 5.74) is 0.873. The van der Waals surface area contributed by atoms with Crippen LogP contribution in [0.15, 0.2) is 30.3 Å². The zero-order valence-electron chi connectivity index (χ0n) is 14.3. The number of hydrogen-bond acceptors (Lipinski definition) is 5. The first-order chi connectivity index (χ1) is 11.9. The van der Waals surface area contributed by atoms with Gasteiger partial charge >= 0.3 is 12.0 Å². The Kier molecular flexibility index (Phi) is 8.70. The van der Waals surface area contributed by atoms with Crippen LogP contribution in [0.2, 0.25) is 0 Å². The molecule has 136 valence electrons. The molecule has 0 saturated heterocycles. The minimum atomic E-state index is -1.10. The molecule has 1 aromatic carbocycles. The smallest absolute Gasteiger partial charge is 0.321 e. The molecule has 0 aliphatic carbocycles. The van der Waals surface area contributed by atoms with E-state index in [-0.39, 0.29) is 25.3 Å². The zero-order chi connectivity index (χ0) is 18.7. The Morgan fingerprint density at radius 2 is 1.76 bits per heavy atom. The van der Waals surface area contributed by atoms with Gasteiger partial charge in [-0.3, -0.25) is 19.7 Å². The van der Waals surface area contributed by atoms with Gasteiger partial charge in [-0.1, -0.05) is 30.3 Å². The van der Waals surface area contributed by atoms with Gasteiger partial charge in [0.1, 0.15) is 0 Å². The second-order valence-electron chi connectivity index (χ2n) is 5.24. The first kappa shape index (κ1) is 20.1. The molecule has 4 amide bonds. The SMILES string of the molecule is CCNC(=O)NC(=O)C(C)OC(=O)CCNC(=O)Cc1ccccc1. The predicted octanol–water partition coefficient (Wildman–Crippen LogP) is 0.513. The zero-order valence-corrected chi connectivity index (χ0v) is 14.3. The maximum Gasteiger partial charge on any atom is 0.321 e. The number of carbonyl (C=O) groups excluding carboxylic acids is 4. The molecule has 1 rings (SSSR count). The lowest BCUT2D eigenvalue weighted by molar-refractivity contribution is -0.154. The lowest BCUT2D eigenvalue weighted by Crippen LogP contribution is -2.44. The molecule has 25 heavy (non-hydrogen) atoms. The van der Waals surface area contributed by atoms with Crippen LogP contribution in [-0.2, 0) is 25.5 Å². The molecular formula is C17H23N3O5. The number of hydrogen-bond donors (Lipinski definition) is 3. The molecule has 1 unspecified atom stereocenters. The van der Waals surface area contributed by atoms with Crippen LogP contribution in [0.3, 0.4) is 0 Å². The number of amides is 4. The van der Waals surface area contributed by atoms with Crippen molar-refractivity contribution in [1.29, 1.82) is 0 Å². The maximum atomic E-state index is 11.7. The molecule has 1 aromatic rings. The van der Waals surface area contributed by atoms with Gasteiger partial charge in [-0.15, -0.1) is 0 Å². The molecule has 8 heteroatoms. The molecule has 0 aromatic heterocycles. The summed E-state index contributed by atoms with van der Waals surface area (Å²) in [4.78, 5) is 46.2. The number of nitrogens with one attached hydrogen (secondary N) is 3. The van der Waals surface area contributed by atoms with Crippen LogP contribution < -0.4 is 16.0 Å². The molecule has 3 N–H and O–H groups in total. The first-order valence-electron chi connectivity index (χ1n) is 8.01. The van der Waals surface area contributed by atoms with E-state index >= 15 is 0 Å². The third-order valence-electron chi connectivity index (χ3n) is 3.11. The number of carbonyl (C=O) groups is 4. The Morgan fingerprint density at radius 3 is 2.40 bits per heavy atom. The Bertz CT molecular complexity index is 604. The molecule has 0 heterocycles. The van der Waals surface area contributed by atoms with Crippen molar-refractivity contribution < 1.29 is 23.9 Å². The second kappa shape index (κ2) is 10.8. The van der Waals surface area contributed by atoms with Crippen LogP contribution in [-0.4, -0.2) is 43.0 Å². The molecule has 8 nitrogen and oxygen atoms in total. The number of ether oxygens (including phenoxy) is 1. The van der Waals surface area contributed by atoms with E-state index in [0.29, 0.717) is 6.54 Å². The summed E-state index contributed by atoms with van der Waals surface area (Å²) in [5.74, 6) is -1.56. The van der Waals surface area contributed by atoms with Crippen LogP contribution >= 0.6 is 0 Å². The van der Waals surface area contributed by atoms with Crippen LogP contribution in [0.1, 0.15) is 25.8 Å². The molecule has 0 radical (unpaired) electrons. The summed E-state index contributed by atoms with van der Waals surface area (Å²) in [6.45, 7) is 3.55. The maximum absolute atomic E-state index is 11.7. The molecule has 0 aliphatic heterocycles. The van der Waals surface area contributed by atoms with E-state index in [1.54, 1.807) is 6.92 Å². The summed E-state index contributed by atoms with van der Waals surface area (Å²) < 4.78 is 4.91. The summed E-state index contributed by atoms with van der Waals surface area (Å²) >= 11 is 0. The fourth-order valence-electron chi connectivity index (χ4n) is 1.88. The Morgan fingerprint density at radius 1 is 1.08 bits per heavy atom.